The van der Waals surface area contributed by atoms with Gasteiger partial charge in [0.15, 0.2) is 0 Å². The number of phenols is 1. The van der Waals surface area contributed by atoms with E-state index in [1.807, 2.05) is 18.2 Å². The van der Waals surface area contributed by atoms with Crippen LogP contribution in [0.2, 0.25) is 0 Å². The Balaban J connectivity index is 1.04. The quantitative estimate of drug-likeness (QED) is 0.0624. The molecule has 3 aromatic carbocycles. The molecule has 4 aromatic rings. The molecule has 1 atom stereocenters. The number of ether oxygens (including phenoxy) is 2. The van der Waals surface area contributed by atoms with E-state index in [-0.39, 0.29) is 22.5 Å². The Bertz CT molecular complexity index is 1680. The summed E-state index contributed by atoms with van der Waals surface area (Å²) >= 11 is 1.12. The van der Waals surface area contributed by atoms with Crippen molar-refractivity contribution in [3.05, 3.63) is 106 Å². The van der Waals surface area contributed by atoms with E-state index < -0.39 is 16.1 Å². The number of benzene rings is 3. The van der Waals surface area contributed by atoms with E-state index >= 15 is 0 Å². The zero-order valence-corrected chi connectivity index (χ0v) is 28.3. The molecule has 0 unspecified atom stereocenters. The van der Waals surface area contributed by atoms with Crippen LogP contribution in [0.4, 0.5) is 11.4 Å². The Morgan fingerprint density at radius 1 is 0.854 bits per heavy atom. The van der Waals surface area contributed by atoms with E-state index in [1.54, 1.807) is 47.8 Å². The molecule has 11 nitrogen and oxygen atoms in total. The number of unbranched alkanes of at least 4 members (excludes halogenated alkanes) is 3. The number of sulfonamides is 1. The van der Waals surface area contributed by atoms with Gasteiger partial charge in [0.1, 0.15) is 9.96 Å². The number of aliphatic hydroxyl groups is 2. The highest BCUT2D eigenvalue weighted by atomic mass is 32.2. The molecule has 0 aliphatic carbocycles. The van der Waals surface area contributed by atoms with Gasteiger partial charge in [-0.1, -0.05) is 43.2 Å². The molecule has 258 valence electrons. The second kappa shape index (κ2) is 19.2. The molecule has 0 saturated heterocycles. The molecule has 1 amide bonds. The molecule has 1 aromatic heterocycles. The van der Waals surface area contributed by atoms with Crippen LogP contribution in [-0.2, 0) is 32.7 Å². The molecule has 0 spiro atoms. The molecule has 0 aliphatic heterocycles. The van der Waals surface area contributed by atoms with E-state index in [9.17, 15) is 28.5 Å². The van der Waals surface area contributed by atoms with Gasteiger partial charge in [0.05, 0.1) is 32.5 Å². The molecule has 0 fully saturated rings. The number of aliphatic hydroxyl groups excluding tert-OH is 2. The number of thiophene rings is 1. The summed E-state index contributed by atoms with van der Waals surface area (Å²) in [6.45, 7) is 2.86. The molecule has 0 radical (unpaired) electrons. The maximum Gasteiger partial charge on any atom is 0.271 e. The van der Waals surface area contributed by atoms with E-state index in [4.69, 9.17) is 9.47 Å². The fourth-order valence-electron chi connectivity index (χ4n) is 4.80. The number of anilines is 2. The van der Waals surface area contributed by atoms with Crippen molar-refractivity contribution in [3.63, 3.8) is 0 Å². The number of hydrogen-bond donors (Lipinski definition) is 6. The van der Waals surface area contributed by atoms with Crippen LogP contribution < -0.4 is 15.4 Å². The summed E-state index contributed by atoms with van der Waals surface area (Å²) in [6, 6.07) is 21.6. The number of hydrogen-bond acceptors (Lipinski definition) is 10. The van der Waals surface area contributed by atoms with Gasteiger partial charge in [-0.05, 0) is 84.4 Å². The van der Waals surface area contributed by atoms with Gasteiger partial charge < -0.3 is 35.4 Å². The Hall–Kier alpha value is -3.82. The fourth-order valence-corrected chi connectivity index (χ4v) is 6.84. The monoisotopic (exact) mass is 697 g/mol. The number of carbonyl (C=O) groups is 1. The summed E-state index contributed by atoms with van der Waals surface area (Å²) in [7, 11) is -3.72. The highest BCUT2D eigenvalue weighted by Crippen LogP contribution is 2.23. The Kier molecular flexibility index (Phi) is 14.8. The number of rotatable bonds is 21. The Morgan fingerprint density at radius 3 is 2.46 bits per heavy atom. The average Bonchev–Trinajstić information content (AvgIpc) is 3.64. The molecule has 13 heteroatoms. The van der Waals surface area contributed by atoms with E-state index in [0.717, 1.165) is 49.1 Å². The SMILES string of the molecule is O=C(Nc1cccc(COCCOCCCCCCNC[C@@H](O)c2ccc(O)c(CO)c2)c1)c1cccc(NS(=O)(=O)c2cccs2)c1. The maximum absolute atomic E-state index is 12.9. The Morgan fingerprint density at radius 2 is 1.65 bits per heavy atom. The first-order chi connectivity index (χ1) is 23.2. The lowest BCUT2D eigenvalue weighted by Gasteiger charge is -2.14. The predicted octanol–water partition coefficient (Wildman–Crippen LogP) is 5.42. The summed E-state index contributed by atoms with van der Waals surface area (Å²) in [6.07, 6.45) is 3.31. The summed E-state index contributed by atoms with van der Waals surface area (Å²) in [5.41, 5.74) is 3.16. The van der Waals surface area contributed by atoms with Crippen LogP contribution in [0, 0.1) is 0 Å². The van der Waals surface area contributed by atoms with Gasteiger partial charge in [-0.2, -0.15) is 0 Å². The highest BCUT2D eigenvalue weighted by molar-refractivity contribution is 7.94. The second-order valence-electron chi connectivity index (χ2n) is 11.1. The van der Waals surface area contributed by atoms with E-state index in [0.29, 0.717) is 61.0 Å². The summed E-state index contributed by atoms with van der Waals surface area (Å²) in [5.74, 6) is -0.344. The van der Waals surface area contributed by atoms with Crippen molar-refractivity contribution in [2.45, 2.75) is 49.2 Å². The summed E-state index contributed by atoms with van der Waals surface area (Å²) in [4.78, 5) is 12.9. The Labute approximate surface area is 285 Å². The minimum atomic E-state index is -3.72. The molecular weight excluding hydrogens is 655 g/mol. The molecular formula is C35H43N3O8S2. The van der Waals surface area contributed by atoms with Gasteiger partial charge >= 0.3 is 0 Å². The van der Waals surface area contributed by atoms with Crippen LogP contribution in [0.1, 0.15) is 58.8 Å². The van der Waals surface area contributed by atoms with Crippen molar-refractivity contribution in [3.8, 4) is 5.75 Å². The zero-order chi connectivity index (χ0) is 34.2. The van der Waals surface area contributed by atoms with Crippen molar-refractivity contribution in [2.75, 3.05) is 42.9 Å². The fraction of sp³-hybridized carbons (Fsp3) is 0.343. The first kappa shape index (κ1) is 37.0. The third-order valence-electron chi connectivity index (χ3n) is 7.35. The van der Waals surface area contributed by atoms with Gasteiger partial charge in [0.2, 0.25) is 0 Å². The van der Waals surface area contributed by atoms with Gasteiger partial charge in [0, 0.05) is 35.7 Å². The maximum atomic E-state index is 12.9. The lowest BCUT2D eigenvalue weighted by molar-refractivity contribution is 0.0393. The number of nitrogens with one attached hydrogen (secondary N) is 3. The van der Waals surface area contributed by atoms with Crippen molar-refractivity contribution in [1.82, 2.24) is 5.32 Å². The predicted molar refractivity (Wildman–Crippen MR) is 187 cm³/mol. The van der Waals surface area contributed by atoms with E-state index in [2.05, 4.69) is 15.4 Å². The molecule has 1 heterocycles. The molecule has 0 aliphatic rings. The number of carbonyl (C=O) groups excluding carboxylic acids is 1. The van der Waals surface area contributed by atoms with Crippen LogP contribution in [0.15, 0.2) is 88.5 Å². The molecule has 0 saturated carbocycles. The molecule has 4 rings (SSSR count). The second-order valence-corrected chi connectivity index (χ2v) is 14.0. The van der Waals surface area contributed by atoms with Gasteiger partial charge in [0.25, 0.3) is 15.9 Å². The van der Waals surface area contributed by atoms with Crippen molar-refractivity contribution in [2.24, 2.45) is 0 Å². The normalized spacial score (nSPS) is 12.1. The standard InChI is InChI=1S/C35H43N3O8S2/c39-24-29-21-27(13-14-32(29)40)33(41)23-36-15-3-1-2-4-16-45-17-18-46-25-26-8-5-10-30(20-26)37-35(42)28-9-6-11-31(22-28)38-48(43,44)34-12-7-19-47-34/h5-14,19-22,33,36,38-41H,1-4,15-18,23-25H2,(H,37,42)/t33-/m1/s1. The lowest BCUT2D eigenvalue weighted by atomic mass is 10.1. The molecule has 48 heavy (non-hydrogen) atoms. The first-order valence-corrected chi connectivity index (χ1v) is 18.1. The van der Waals surface area contributed by atoms with Gasteiger partial charge in [-0.3, -0.25) is 9.52 Å². The smallest absolute Gasteiger partial charge is 0.271 e. The van der Waals surface area contributed by atoms with Crippen LogP contribution in [-0.4, -0.2) is 62.6 Å². The van der Waals surface area contributed by atoms with Crippen LogP contribution in [0.5, 0.6) is 5.75 Å². The largest absolute Gasteiger partial charge is 0.508 e. The molecule has 6 N–H and O–H groups in total. The van der Waals surface area contributed by atoms with Crippen LogP contribution in [0.25, 0.3) is 0 Å². The number of aromatic hydroxyl groups is 1. The minimum absolute atomic E-state index is 0.0200. The lowest BCUT2D eigenvalue weighted by Crippen LogP contribution is -2.22. The highest BCUT2D eigenvalue weighted by Gasteiger charge is 2.16. The van der Waals surface area contributed by atoms with Crippen molar-refractivity contribution >= 4 is 38.6 Å². The first-order valence-electron chi connectivity index (χ1n) is 15.8. The van der Waals surface area contributed by atoms with Crippen LogP contribution in [0.3, 0.4) is 0 Å². The topological polar surface area (TPSA) is 166 Å². The van der Waals surface area contributed by atoms with Crippen molar-refractivity contribution < 1.29 is 38.0 Å². The van der Waals surface area contributed by atoms with Gasteiger partial charge in [-0.25, -0.2) is 8.42 Å². The summed E-state index contributed by atoms with van der Waals surface area (Å²) < 4.78 is 39.2. The zero-order valence-electron chi connectivity index (χ0n) is 26.6. The third-order valence-corrected chi connectivity index (χ3v) is 10.1. The van der Waals surface area contributed by atoms with Crippen molar-refractivity contribution in [1.29, 1.82) is 0 Å². The number of amides is 1. The van der Waals surface area contributed by atoms with Gasteiger partial charge in [-0.15, -0.1) is 11.3 Å². The summed E-state index contributed by atoms with van der Waals surface area (Å²) in [5, 5.41) is 37.0. The van der Waals surface area contributed by atoms with E-state index in [1.165, 1.54) is 18.2 Å². The molecule has 0 bridgehead atoms. The average molecular weight is 698 g/mol. The minimum Gasteiger partial charge on any atom is -0.508 e. The third kappa shape index (κ3) is 12.0. The van der Waals surface area contributed by atoms with Crippen LogP contribution >= 0.6 is 11.3 Å².